The highest BCUT2D eigenvalue weighted by atomic mass is 16.4. The average Bonchev–Trinajstić information content (AvgIpc) is 2.15. The maximum atomic E-state index is 10.9. The second-order valence-corrected chi connectivity index (χ2v) is 3.55. The molecule has 0 aromatic rings. The Morgan fingerprint density at radius 1 is 1.40 bits per heavy atom. The van der Waals surface area contributed by atoms with Crippen LogP contribution in [0.25, 0.3) is 0 Å². The van der Waals surface area contributed by atoms with E-state index in [1.165, 1.54) is 0 Å². The monoisotopic (exact) mass is 216 g/mol. The Balaban J connectivity index is 3.73. The molecule has 15 heavy (non-hydrogen) atoms. The maximum absolute atomic E-state index is 10.9. The van der Waals surface area contributed by atoms with Crippen LogP contribution in [0.1, 0.15) is 39.0 Å². The minimum atomic E-state index is -0.906. The van der Waals surface area contributed by atoms with Gasteiger partial charge in [0.1, 0.15) is 0 Å². The number of hydrogen-bond acceptors (Lipinski definition) is 3. The summed E-state index contributed by atoms with van der Waals surface area (Å²) < 4.78 is 0. The number of carboxylic acids is 1. The van der Waals surface area contributed by atoms with Gasteiger partial charge >= 0.3 is 5.97 Å². The van der Waals surface area contributed by atoms with Crippen LogP contribution in [0.5, 0.6) is 0 Å². The Kier molecular flexibility index (Phi) is 7.62. The lowest BCUT2D eigenvalue weighted by molar-refractivity contribution is -0.137. The predicted molar refractivity (Wildman–Crippen MR) is 57.4 cm³/mol. The summed E-state index contributed by atoms with van der Waals surface area (Å²) in [5.74, 6) is -1.38. The number of nitrogens with two attached hydrogens (primary N) is 1. The first-order chi connectivity index (χ1) is 7.07. The first kappa shape index (κ1) is 13.9. The van der Waals surface area contributed by atoms with Gasteiger partial charge < -0.3 is 16.2 Å². The van der Waals surface area contributed by atoms with Gasteiger partial charge in [0.05, 0.1) is 6.04 Å². The summed E-state index contributed by atoms with van der Waals surface area (Å²) in [5.41, 5.74) is 5.14. The number of hydrogen-bond donors (Lipinski definition) is 3. The van der Waals surface area contributed by atoms with Crippen LogP contribution in [0, 0.1) is 0 Å². The van der Waals surface area contributed by atoms with Crippen molar-refractivity contribution in [3.63, 3.8) is 0 Å². The van der Waals surface area contributed by atoms with Crippen LogP contribution in [0.2, 0.25) is 0 Å². The second kappa shape index (κ2) is 8.23. The van der Waals surface area contributed by atoms with Crippen LogP contribution in [0.15, 0.2) is 0 Å². The lowest BCUT2D eigenvalue weighted by atomic mass is 10.1. The summed E-state index contributed by atoms with van der Waals surface area (Å²) in [5, 5.41) is 11.4. The van der Waals surface area contributed by atoms with Crippen molar-refractivity contribution in [1.82, 2.24) is 5.32 Å². The molecule has 0 bridgehead atoms. The van der Waals surface area contributed by atoms with E-state index in [-0.39, 0.29) is 12.8 Å². The molecule has 0 aliphatic carbocycles. The molecule has 0 rings (SSSR count). The zero-order valence-electron chi connectivity index (χ0n) is 9.16. The van der Waals surface area contributed by atoms with Gasteiger partial charge in [-0.25, -0.2) is 0 Å². The van der Waals surface area contributed by atoms with Gasteiger partial charge in [-0.3, -0.25) is 9.59 Å². The Bertz CT molecular complexity index is 207. The Morgan fingerprint density at radius 3 is 2.53 bits per heavy atom. The largest absolute Gasteiger partial charge is 0.481 e. The van der Waals surface area contributed by atoms with E-state index < -0.39 is 17.9 Å². The summed E-state index contributed by atoms with van der Waals surface area (Å²) in [7, 11) is 0. The van der Waals surface area contributed by atoms with Crippen LogP contribution in [0.3, 0.4) is 0 Å². The van der Waals surface area contributed by atoms with Gasteiger partial charge in [0.15, 0.2) is 0 Å². The molecule has 5 nitrogen and oxygen atoms in total. The number of carbonyl (C=O) groups is 2. The van der Waals surface area contributed by atoms with E-state index in [2.05, 4.69) is 12.2 Å². The second-order valence-electron chi connectivity index (χ2n) is 3.55. The Morgan fingerprint density at radius 2 is 2.07 bits per heavy atom. The lowest BCUT2D eigenvalue weighted by Gasteiger charge is -2.13. The van der Waals surface area contributed by atoms with Gasteiger partial charge in [0.2, 0.25) is 5.91 Å². The smallest absolute Gasteiger partial charge is 0.303 e. The summed E-state index contributed by atoms with van der Waals surface area (Å²) in [6.45, 7) is 2.80. The number of amides is 1. The fourth-order valence-electron chi connectivity index (χ4n) is 1.26. The van der Waals surface area contributed by atoms with Crippen molar-refractivity contribution < 1.29 is 14.7 Å². The zero-order valence-corrected chi connectivity index (χ0v) is 9.16. The van der Waals surface area contributed by atoms with Crippen LogP contribution < -0.4 is 11.1 Å². The molecular formula is C10H20N2O3. The van der Waals surface area contributed by atoms with Crippen molar-refractivity contribution in [3.05, 3.63) is 0 Å². The van der Waals surface area contributed by atoms with E-state index in [1.807, 2.05) is 0 Å². The van der Waals surface area contributed by atoms with Gasteiger partial charge in [-0.05, 0) is 19.4 Å². The van der Waals surface area contributed by atoms with Gasteiger partial charge in [-0.15, -0.1) is 0 Å². The average molecular weight is 216 g/mol. The van der Waals surface area contributed by atoms with Crippen molar-refractivity contribution in [2.24, 2.45) is 5.73 Å². The number of nitrogens with one attached hydrogen (secondary N) is 1. The van der Waals surface area contributed by atoms with Crippen molar-refractivity contribution in [1.29, 1.82) is 0 Å². The maximum Gasteiger partial charge on any atom is 0.303 e. The number of rotatable bonds is 9. The van der Waals surface area contributed by atoms with Crippen molar-refractivity contribution in [2.45, 2.75) is 45.1 Å². The third-order valence-corrected chi connectivity index (χ3v) is 2.16. The molecule has 1 atom stereocenters. The minimum Gasteiger partial charge on any atom is -0.481 e. The highest BCUT2D eigenvalue weighted by Gasteiger charge is 2.15. The molecule has 0 aromatic carbocycles. The number of aliphatic carboxylic acids is 1. The molecule has 0 radical (unpaired) electrons. The highest BCUT2D eigenvalue weighted by Crippen LogP contribution is 1.98. The first-order valence-electron chi connectivity index (χ1n) is 5.32. The topological polar surface area (TPSA) is 92.4 Å². The third kappa shape index (κ3) is 7.93. The molecule has 0 unspecified atom stereocenters. The van der Waals surface area contributed by atoms with Crippen LogP contribution in [-0.4, -0.2) is 29.6 Å². The van der Waals surface area contributed by atoms with Gasteiger partial charge in [-0.2, -0.15) is 0 Å². The molecule has 0 aromatic heterocycles. The molecule has 0 heterocycles. The van der Waals surface area contributed by atoms with Gasteiger partial charge in [0.25, 0.3) is 0 Å². The number of unbranched alkanes of at least 4 members (excludes halogenated alkanes) is 2. The standard InChI is InChI=1S/C10H20N2O3/c1-2-3-4-7-12-8(10(11)15)5-6-9(13)14/h8,12H,2-7H2,1H3,(H2,11,15)(H,13,14)/t8-/m0/s1. The molecule has 0 fully saturated rings. The molecular weight excluding hydrogens is 196 g/mol. The predicted octanol–water partition coefficient (Wildman–Crippen LogP) is 0.485. The number of carbonyl (C=O) groups excluding carboxylic acids is 1. The Hall–Kier alpha value is -1.10. The van der Waals surface area contributed by atoms with E-state index in [4.69, 9.17) is 10.8 Å². The van der Waals surface area contributed by atoms with Crippen molar-refractivity contribution in [3.8, 4) is 0 Å². The normalized spacial score (nSPS) is 12.3. The lowest BCUT2D eigenvalue weighted by Crippen LogP contribution is -2.42. The molecule has 0 spiro atoms. The van der Waals surface area contributed by atoms with Crippen LogP contribution >= 0.6 is 0 Å². The van der Waals surface area contributed by atoms with Crippen molar-refractivity contribution >= 4 is 11.9 Å². The SMILES string of the molecule is CCCCCN[C@@H](CCC(=O)O)C(N)=O. The summed E-state index contributed by atoms with van der Waals surface area (Å²) in [6, 6.07) is -0.516. The van der Waals surface area contributed by atoms with Gasteiger partial charge in [0, 0.05) is 6.42 Å². The molecule has 88 valence electrons. The summed E-state index contributed by atoms with van der Waals surface area (Å²) in [6.07, 6.45) is 3.41. The summed E-state index contributed by atoms with van der Waals surface area (Å²) >= 11 is 0. The molecule has 0 aliphatic rings. The minimum absolute atomic E-state index is 0.0333. The fourth-order valence-corrected chi connectivity index (χ4v) is 1.26. The zero-order chi connectivity index (χ0) is 11.7. The van der Waals surface area contributed by atoms with Crippen molar-refractivity contribution in [2.75, 3.05) is 6.54 Å². The molecule has 4 N–H and O–H groups in total. The molecule has 0 saturated carbocycles. The van der Waals surface area contributed by atoms with E-state index in [0.29, 0.717) is 6.54 Å². The highest BCUT2D eigenvalue weighted by molar-refractivity contribution is 5.80. The summed E-state index contributed by atoms with van der Waals surface area (Å²) in [4.78, 5) is 21.3. The molecule has 0 saturated heterocycles. The third-order valence-electron chi connectivity index (χ3n) is 2.16. The molecule has 5 heteroatoms. The fraction of sp³-hybridized carbons (Fsp3) is 0.800. The number of primary amides is 1. The molecule has 0 aliphatic heterocycles. The van der Waals surface area contributed by atoms with Crippen LogP contribution in [-0.2, 0) is 9.59 Å². The Labute approximate surface area is 90.0 Å². The number of carboxylic acid groups (broad SMARTS) is 1. The van der Waals surface area contributed by atoms with E-state index in [0.717, 1.165) is 19.3 Å². The molecule has 1 amide bonds. The van der Waals surface area contributed by atoms with E-state index >= 15 is 0 Å². The first-order valence-corrected chi connectivity index (χ1v) is 5.32. The van der Waals surface area contributed by atoms with Crippen LogP contribution in [0.4, 0.5) is 0 Å². The van der Waals surface area contributed by atoms with E-state index in [1.54, 1.807) is 0 Å². The quantitative estimate of drug-likeness (QED) is 0.489. The van der Waals surface area contributed by atoms with E-state index in [9.17, 15) is 9.59 Å². The van der Waals surface area contributed by atoms with Gasteiger partial charge in [-0.1, -0.05) is 19.8 Å².